The summed E-state index contributed by atoms with van der Waals surface area (Å²) in [5.74, 6) is 1.00. The van der Waals surface area contributed by atoms with Crippen LogP contribution in [-0.4, -0.2) is 42.1 Å². The van der Waals surface area contributed by atoms with E-state index >= 15 is 0 Å². The summed E-state index contributed by atoms with van der Waals surface area (Å²) in [5.41, 5.74) is 1.33. The second-order valence-electron chi connectivity index (χ2n) is 4.73. The highest BCUT2D eigenvalue weighted by Crippen LogP contribution is 2.35. The Morgan fingerprint density at radius 3 is 2.85 bits per heavy atom. The molecule has 104 valence electrons. The van der Waals surface area contributed by atoms with Crippen molar-refractivity contribution < 1.29 is 14.7 Å². The fourth-order valence-electron chi connectivity index (χ4n) is 2.43. The molecule has 2 rings (SSSR count). The summed E-state index contributed by atoms with van der Waals surface area (Å²) >= 11 is 0. The molecule has 1 atom stereocenters. The fourth-order valence-corrected chi connectivity index (χ4v) is 2.43. The van der Waals surface area contributed by atoms with E-state index in [1.54, 1.807) is 36.2 Å². The lowest BCUT2D eigenvalue weighted by Gasteiger charge is -2.34. The molecule has 0 spiro atoms. The third kappa shape index (κ3) is 2.45. The van der Waals surface area contributed by atoms with Crippen LogP contribution >= 0.6 is 0 Å². The first kappa shape index (κ1) is 13.9. The average molecular weight is 272 g/mol. The second-order valence-corrected chi connectivity index (χ2v) is 4.73. The summed E-state index contributed by atoms with van der Waals surface area (Å²) in [6.07, 6.45) is 5.62. The lowest BCUT2D eigenvalue weighted by molar-refractivity contribution is -0.139. The molecule has 0 aliphatic carbocycles. The van der Waals surface area contributed by atoms with Gasteiger partial charge in [-0.25, -0.2) is 4.79 Å². The van der Waals surface area contributed by atoms with Crippen LogP contribution in [0.25, 0.3) is 0 Å². The monoisotopic (exact) mass is 272 g/mol. The van der Waals surface area contributed by atoms with Crippen molar-refractivity contribution in [2.24, 2.45) is 0 Å². The van der Waals surface area contributed by atoms with Crippen LogP contribution < -0.4 is 4.90 Å². The first-order valence-corrected chi connectivity index (χ1v) is 6.34. The van der Waals surface area contributed by atoms with Crippen molar-refractivity contribution in [3.8, 4) is 12.3 Å². The van der Waals surface area contributed by atoms with Gasteiger partial charge in [-0.1, -0.05) is 24.1 Å². The van der Waals surface area contributed by atoms with E-state index in [1.807, 2.05) is 0 Å². The Morgan fingerprint density at radius 1 is 1.50 bits per heavy atom. The number of nitrogens with zero attached hydrogens (tertiary/aromatic N) is 2. The minimum Gasteiger partial charge on any atom is -0.481 e. The SMILES string of the molecule is C#CCN(C)C(=O)N1CCC(C(=O)O)c2ccccc21. The van der Waals surface area contributed by atoms with Crippen LogP contribution in [-0.2, 0) is 4.79 Å². The molecule has 1 aliphatic rings. The number of benzene rings is 1. The molecule has 5 heteroatoms. The molecule has 1 aliphatic heterocycles. The van der Waals surface area contributed by atoms with Crippen LogP contribution in [0.2, 0.25) is 0 Å². The van der Waals surface area contributed by atoms with Crippen LogP contribution in [0, 0.1) is 12.3 Å². The van der Waals surface area contributed by atoms with E-state index in [-0.39, 0.29) is 12.6 Å². The largest absolute Gasteiger partial charge is 0.481 e. The van der Waals surface area contributed by atoms with Crippen LogP contribution in [0.15, 0.2) is 24.3 Å². The molecule has 0 aromatic heterocycles. The fraction of sp³-hybridized carbons (Fsp3) is 0.333. The normalized spacial score (nSPS) is 17.0. The number of hydrogen-bond acceptors (Lipinski definition) is 2. The molecule has 1 aromatic carbocycles. The number of rotatable bonds is 2. The Balaban J connectivity index is 2.35. The predicted molar refractivity (Wildman–Crippen MR) is 75.6 cm³/mol. The Labute approximate surface area is 117 Å². The summed E-state index contributed by atoms with van der Waals surface area (Å²) in [4.78, 5) is 26.7. The number of carboxylic acid groups (broad SMARTS) is 1. The van der Waals surface area contributed by atoms with Gasteiger partial charge in [-0.15, -0.1) is 6.42 Å². The molecule has 20 heavy (non-hydrogen) atoms. The van der Waals surface area contributed by atoms with Gasteiger partial charge >= 0.3 is 12.0 Å². The van der Waals surface area contributed by atoms with E-state index in [4.69, 9.17) is 6.42 Å². The second kappa shape index (κ2) is 5.66. The average Bonchev–Trinajstić information content (AvgIpc) is 2.45. The number of carbonyl (C=O) groups excluding carboxylic acids is 1. The highest BCUT2D eigenvalue weighted by molar-refractivity contribution is 5.95. The smallest absolute Gasteiger partial charge is 0.325 e. The van der Waals surface area contributed by atoms with Crippen molar-refractivity contribution in [3.05, 3.63) is 29.8 Å². The Morgan fingerprint density at radius 2 is 2.20 bits per heavy atom. The molecule has 1 N–H and O–H groups in total. The molecular weight excluding hydrogens is 256 g/mol. The van der Waals surface area contributed by atoms with Gasteiger partial charge in [-0.05, 0) is 18.1 Å². The summed E-state index contributed by atoms with van der Waals surface area (Å²) < 4.78 is 0. The van der Waals surface area contributed by atoms with E-state index in [0.717, 1.165) is 0 Å². The number of urea groups is 1. The molecule has 0 fully saturated rings. The van der Waals surface area contributed by atoms with Gasteiger partial charge in [-0.3, -0.25) is 9.69 Å². The molecule has 1 heterocycles. The number of fused-ring (bicyclic) bond motifs is 1. The Kier molecular flexibility index (Phi) is 3.94. The van der Waals surface area contributed by atoms with Crippen molar-refractivity contribution >= 4 is 17.7 Å². The zero-order valence-corrected chi connectivity index (χ0v) is 11.2. The standard InChI is InChI=1S/C15H16N2O3/c1-3-9-16(2)15(20)17-10-8-12(14(18)19)11-6-4-5-7-13(11)17/h1,4-7,12H,8-10H2,2H3,(H,18,19). The maximum absolute atomic E-state index is 12.3. The van der Waals surface area contributed by atoms with Gasteiger partial charge in [0.2, 0.25) is 0 Å². The number of amides is 2. The van der Waals surface area contributed by atoms with Gasteiger partial charge in [-0.2, -0.15) is 0 Å². The molecule has 0 bridgehead atoms. The third-order valence-corrected chi connectivity index (χ3v) is 3.43. The van der Waals surface area contributed by atoms with Gasteiger partial charge in [0, 0.05) is 19.3 Å². The van der Waals surface area contributed by atoms with E-state index in [1.165, 1.54) is 4.90 Å². The zero-order chi connectivity index (χ0) is 14.7. The minimum atomic E-state index is -0.860. The van der Waals surface area contributed by atoms with Crippen molar-refractivity contribution in [1.29, 1.82) is 0 Å². The number of terminal acetylenes is 1. The van der Waals surface area contributed by atoms with E-state index in [0.29, 0.717) is 24.2 Å². The maximum Gasteiger partial charge on any atom is 0.325 e. The van der Waals surface area contributed by atoms with Gasteiger partial charge in [0.25, 0.3) is 0 Å². The highest BCUT2D eigenvalue weighted by atomic mass is 16.4. The molecule has 5 nitrogen and oxygen atoms in total. The maximum atomic E-state index is 12.3. The number of carboxylic acids is 1. The predicted octanol–water partition coefficient (Wildman–Crippen LogP) is 1.75. The first-order chi connectivity index (χ1) is 9.56. The zero-order valence-electron chi connectivity index (χ0n) is 11.2. The molecule has 0 saturated heterocycles. The van der Waals surface area contributed by atoms with Crippen LogP contribution in [0.3, 0.4) is 0 Å². The van der Waals surface area contributed by atoms with Crippen molar-refractivity contribution in [2.75, 3.05) is 25.0 Å². The molecule has 1 unspecified atom stereocenters. The number of hydrogen-bond donors (Lipinski definition) is 1. The van der Waals surface area contributed by atoms with Crippen LogP contribution in [0.1, 0.15) is 17.9 Å². The van der Waals surface area contributed by atoms with Gasteiger partial charge in [0.1, 0.15) is 0 Å². The molecule has 2 amide bonds. The number of aliphatic carboxylic acids is 1. The topological polar surface area (TPSA) is 60.9 Å². The molecule has 0 saturated carbocycles. The minimum absolute atomic E-state index is 0.209. The van der Waals surface area contributed by atoms with Crippen LogP contribution in [0.4, 0.5) is 10.5 Å². The Hall–Kier alpha value is -2.48. The quantitative estimate of drug-likeness (QED) is 0.834. The summed E-state index contributed by atoms with van der Waals surface area (Å²) in [5, 5.41) is 9.26. The highest BCUT2D eigenvalue weighted by Gasteiger charge is 2.33. The number of carbonyl (C=O) groups is 2. The summed E-state index contributed by atoms with van der Waals surface area (Å²) in [7, 11) is 1.63. The molecular formula is C15H16N2O3. The van der Waals surface area contributed by atoms with Crippen molar-refractivity contribution in [3.63, 3.8) is 0 Å². The molecule has 0 radical (unpaired) electrons. The van der Waals surface area contributed by atoms with Crippen LogP contribution in [0.5, 0.6) is 0 Å². The lowest BCUT2D eigenvalue weighted by atomic mass is 9.90. The van der Waals surface area contributed by atoms with E-state index in [2.05, 4.69) is 5.92 Å². The number of para-hydroxylation sites is 1. The van der Waals surface area contributed by atoms with E-state index in [9.17, 15) is 14.7 Å². The van der Waals surface area contributed by atoms with Crippen molar-refractivity contribution in [1.82, 2.24) is 4.90 Å². The first-order valence-electron chi connectivity index (χ1n) is 6.34. The number of anilines is 1. The van der Waals surface area contributed by atoms with Gasteiger partial charge in [0.05, 0.1) is 12.5 Å². The van der Waals surface area contributed by atoms with Gasteiger partial charge < -0.3 is 10.0 Å². The summed E-state index contributed by atoms with van der Waals surface area (Å²) in [6.45, 7) is 0.599. The van der Waals surface area contributed by atoms with Crippen molar-refractivity contribution in [2.45, 2.75) is 12.3 Å². The lowest BCUT2D eigenvalue weighted by Crippen LogP contribution is -2.45. The summed E-state index contributed by atoms with van der Waals surface area (Å²) in [6, 6.07) is 6.90. The Bertz CT molecular complexity index is 577. The third-order valence-electron chi connectivity index (χ3n) is 3.43. The van der Waals surface area contributed by atoms with Gasteiger partial charge in [0.15, 0.2) is 0 Å². The van der Waals surface area contributed by atoms with E-state index < -0.39 is 11.9 Å². The molecule has 1 aromatic rings.